The summed E-state index contributed by atoms with van der Waals surface area (Å²) < 4.78 is 5.71. The van der Waals surface area contributed by atoms with Crippen molar-refractivity contribution in [2.24, 2.45) is 0 Å². The number of nitrogens with one attached hydrogen (secondary N) is 2. The molecule has 2 aliphatic rings. The summed E-state index contributed by atoms with van der Waals surface area (Å²) in [6.45, 7) is 5.30. The molecule has 2 heterocycles. The zero-order valence-electron chi connectivity index (χ0n) is 17.1. The van der Waals surface area contributed by atoms with Crippen LogP contribution in [-0.4, -0.2) is 37.1 Å². The maximum atomic E-state index is 11.6. The Bertz CT molecular complexity index is 972. The van der Waals surface area contributed by atoms with E-state index < -0.39 is 0 Å². The molecule has 0 atom stereocenters. The van der Waals surface area contributed by atoms with Gasteiger partial charge in [-0.1, -0.05) is 36.6 Å². The van der Waals surface area contributed by atoms with Gasteiger partial charge in [-0.25, -0.2) is 4.98 Å². The summed E-state index contributed by atoms with van der Waals surface area (Å²) >= 11 is 1.54. The maximum Gasteiger partial charge on any atom is 0.247 e. The van der Waals surface area contributed by atoms with E-state index in [1.165, 1.54) is 18.9 Å². The van der Waals surface area contributed by atoms with Crippen LogP contribution >= 0.6 is 11.8 Å². The molecule has 0 bridgehead atoms. The van der Waals surface area contributed by atoms with Gasteiger partial charge >= 0.3 is 0 Å². The average Bonchev–Trinajstić information content (AvgIpc) is 3.58. The van der Waals surface area contributed by atoms with Crippen molar-refractivity contribution < 1.29 is 9.53 Å². The van der Waals surface area contributed by atoms with Gasteiger partial charge in [0.2, 0.25) is 11.8 Å². The molecule has 156 valence electrons. The topological polar surface area (TPSA) is 66.5 Å². The molecule has 0 spiro atoms. The first-order chi connectivity index (χ1) is 14.7. The van der Waals surface area contributed by atoms with E-state index in [9.17, 15) is 4.79 Å². The lowest BCUT2D eigenvalue weighted by molar-refractivity contribution is -0.111. The Balaban J connectivity index is 1.63. The van der Waals surface area contributed by atoms with Crippen LogP contribution in [0.5, 0.6) is 5.88 Å². The molecule has 0 saturated heterocycles. The van der Waals surface area contributed by atoms with Gasteiger partial charge in [0.1, 0.15) is 10.7 Å². The Labute approximate surface area is 181 Å². The van der Waals surface area contributed by atoms with E-state index >= 15 is 0 Å². The number of ether oxygens (including phenoxy) is 1. The maximum absolute atomic E-state index is 11.6. The van der Waals surface area contributed by atoms with Gasteiger partial charge in [0.25, 0.3) is 0 Å². The number of aromatic nitrogens is 1. The van der Waals surface area contributed by atoms with Crippen molar-refractivity contribution in [3.63, 3.8) is 0 Å². The third-order valence-electron chi connectivity index (χ3n) is 4.95. The molecule has 1 saturated carbocycles. The van der Waals surface area contributed by atoms with Gasteiger partial charge in [0, 0.05) is 29.7 Å². The zero-order valence-corrected chi connectivity index (χ0v) is 17.9. The van der Waals surface area contributed by atoms with Crippen LogP contribution in [0.15, 0.2) is 65.1 Å². The number of benzene rings is 1. The van der Waals surface area contributed by atoms with Crippen molar-refractivity contribution in [3.8, 4) is 5.88 Å². The molecule has 1 aromatic heterocycles. The monoisotopic (exact) mass is 422 g/mol. The second kappa shape index (κ2) is 9.26. The van der Waals surface area contributed by atoms with Crippen molar-refractivity contribution in [1.82, 2.24) is 4.98 Å². The molecule has 2 N–H and O–H groups in total. The predicted molar refractivity (Wildman–Crippen MR) is 123 cm³/mol. The first kappa shape index (κ1) is 20.3. The van der Waals surface area contributed by atoms with Gasteiger partial charge in [-0.15, -0.1) is 0 Å². The molecule has 1 aromatic carbocycles. The second-order valence-corrected chi connectivity index (χ2v) is 8.41. The quantitative estimate of drug-likeness (QED) is 0.475. The summed E-state index contributed by atoms with van der Waals surface area (Å²) in [7, 11) is 1.67. The first-order valence-corrected chi connectivity index (χ1v) is 10.9. The van der Waals surface area contributed by atoms with E-state index in [1.807, 2.05) is 24.3 Å². The third kappa shape index (κ3) is 4.97. The lowest BCUT2D eigenvalue weighted by Gasteiger charge is -2.29. The molecule has 1 aliphatic heterocycles. The number of nitrogens with zero attached hydrogens (tertiary/aromatic N) is 2. The minimum absolute atomic E-state index is 0.229. The number of pyridine rings is 1. The molecular weight excluding hydrogens is 396 g/mol. The fourth-order valence-electron chi connectivity index (χ4n) is 3.35. The van der Waals surface area contributed by atoms with Gasteiger partial charge < -0.3 is 20.3 Å². The minimum atomic E-state index is -0.229. The van der Waals surface area contributed by atoms with Crippen LogP contribution in [-0.2, 0) is 4.79 Å². The van der Waals surface area contributed by atoms with E-state index in [0.717, 1.165) is 46.5 Å². The summed E-state index contributed by atoms with van der Waals surface area (Å²) in [6, 6.07) is 10.3. The Morgan fingerprint density at radius 2 is 2.20 bits per heavy atom. The molecule has 6 nitrogen and oxygen atoms in total. The van der Waals surface area contributed by atoms with Crippen LogP contribution in [0.1, 0.15) is 19.3 Å². The lowest BCUT2D eigenvalue weighted by atomic mass is 10.2. The van der Waals surface area contributed by atoms with Gasteiger partial charge in [-0.2, -0.15) is 0 Å². The molecule has 7 heteroatoms. The van der Waals surface area contributed by atoms with E-state index in [4.69, 9.17) is 9.72 Å². The predicted octanol–water partition coefficient (Wildman–Crippen LogP) is 4.71. The Hall–Kier alpha value is -2.93. The van der Waals surface area contributed by atoms with Crippen LogP contribution in [0.2, 0.25) is 0 Å². The fraction of sp³-hybridized carbons (Fsp3) is 0.304. The van der Waals surface area contributed by atoms with Gasteiger partial charge in [-0.05, 0) is 49.6 Å². The molecule has 1 fully saturated rings. The molecule has 0 radical (unpaired) electrons. The lowest BCUT2D eigenvalue weighted by Crippen LogP contribution is -2.28. The first-order valence-electron chi connectivity index (χ1n) is 10.1. The summed E-state index contributed by atoms with van der Waals surface area (Å²) in [5.41, 5.74) is 2.83. The Morgan fingerprint density at radius 1 is 1.33 bits per heavy atom. The second-order valence-electron chi connectivity index (χ2n) is 7.31. The number of amides is 1. The molecule has 4 rings (SSSR count). The van der Waals surface area contributed by atoms with Gasteiger partial charge in [0.05, 0.1) is 12.8 Å². The van der Waals surface area contributed by atoms with E-state index in [0.29, 0.717) is 11.9 Å². The Morgan fingerprint density at radius 3 is 2.90 bits per heavy atom. The van der Waals surface area contributed by atoms with Gasteiger partial charge in [-0.3, -0.25) is 4.79 Å². The van der Waals surface area contributed by atoms with Crippen LogP contribution in [0.25, 0.3) is 0 Å². The van der Waals surface area contributed by atoms with Crippen LogP contribution in [0.4, 0.5) is 17.1 Å². The SMILES string of the molecule is C=CC(=O)Nc1cccc(Sc2cc(NC3CC3)c(N3CC=CCC3)c(OC)n2)c1. The van der Waals surface area contributed by atoms with E-state index in [-0.39, 0.29) is 5.91 Å². The van der Waals surface area contributed by atoms with E-state index in [2.05, 4.69) is 40.3 Å². The third-order valence-corrected chi connectivity index (χ3v) is 5.86. The highest BCUT2D eigenvalue weighted by molar-refractivity contribution is 7.99. The fourth-order valence-corrected chi connectivity index (χ4v) is 4.23. The van der Waals surface area contributed by atoms with Crippen LogP contribution in [0.3, 0.4) is 0 Å². The van der Waals surface area contributed by atoms with E-state index in [1.54, 1.807) is 18.9 Å². The normalized spacial score (nSPS) is 15.6. The number of anilines is 3. The highest BCUT2D eigenvalue weighted by Gasteiger charge is 2.26. The van der Waals surface area contributed by atoms with Gasteiger partial charge in [0.15, 0.2) is 0 Å². The molecule has 30 heavy (non-hydrogen) atoms. The highest BCUT2D eigenvalue weighted by atomic mass is 32.2. The number of carbonyl (C=O) groups excluding carboxylic acids is 1. The smallest absolute Gasteiger partial charge is 0.247 e. The molecule has 2 aromatic rings. The number of hydrogen-bond acceptors (Lipinski definition) is 6. The van der Waals surface area contributed by atoms with Crippen LogP contribution < -0.4 is 20.3 Å². The van der Waals surface area contributed by atoms with Crippen molar-refractivity contribution in [2.45, 2.75) is 35.2 Å². The summed E-state index contributed by atoms with van der Waals surface area (Å²) in [5, 5.41) is 7.30. The average molecular weight is 423 g/mol. The largest absolute Gasteiger partial charge is 0.479 e. The summed E-state index contributed by atoms with van der Waals surface area (Å²) in [4.78, 5) is 19.7. The van der Waals surface area contributed by atoms with Crippen LogP contribution in [0, 0.1) is 0 Å². The number of hydrogen-bond donors (Lipinski definition) is 2. The summed E-state index contributed by atoms with van der Waals surface area (Å²) in [6.07, 6.45) is 9.07. The highest BCUT2D eigenvalue weighted by Crippen LogP contribution is 2.42. The number of methoxy groups -OCH3 is 1. The Kier molecular flexibility index (Phi) is 6.28. The molecular formula is C23H26N4O2S. The standard InChI is InChI=1S/C23H26N4O2S/c1-3-20(28)25-17-8-7-9-18(14-17)30-21-15-19(24-16-10-11-16)22(23(26-21)29-2)27-12-5-4-6-13-27/h3-5,7-9,14-16H,1,6,10-13H2,2H3,(H,24,26)(H,25,28). The minimum Gasteiger partial charge on any atom is -0.479 e. The van der Waals surface area contributed by atoms with Crippen molar-refractivity contribution in [1.29, 1.82) is 0 Å². The number of carbonyl (C=O) groups is 1. The molecule has 0 unspecified atom stereocenters. The summed E-state index contributed by atoms with van der Waals surface area (Å²) in [5.74, 6) is 0.405. The number of rotatable bonds is 8. The molecule has 1 amide bonds. The van der Waals surface area contributed by atoms with Crippen molar-refractivity contribution in [2.75, 3.05) is 35.7 Å². The molecule has 1 aliphatic carbocycles. The van der Waals surface area contributed by atoms with Crippen molar-refractivity contribution >= 4 is 34.7 Å². The van der Waals surface area contributed by atoms with Crippen molar-refractivity contribution in [3.05, 3.63) is 55.1 Å². The zero-order chi connectivity index (χ0) is 20.9.